The third-order valence-corrected chi connectivity index (χ3v) is 7.60. The second-order valence-electron chi connectivity index (χ2n) is 11.4. The van der Waals surface area contributed by atoms with Crippen LogP contribution in [0.5, 0.6) is 5.75 Å². The Hall–Kier alpha value is -4.60. The molecular weight excluding hydrogens is 553 g/mol. The number of carboxylic acid groups (broad SMARTS) is 1. The van der Waals surface area contributed by atoms with E-state index in [0.717, 1.165) is 5.57 Å². The van der Waals surface area contributed by atoms with Crippen molar-refractivity contribution in [2.75, 3.05) is 13.1 Å². The molecular formula is C33H38FN3O6. The maximum Gasteiger partial charge on any atom is 0.307 e. The first-order chi connectivity index (χ1) is 20.3. The minimum atomic E-state index is -1.14. The molecule has 228 valence electrons. The number of nitrogens with zero attached hydrogens (tertiary/aromatic N) is 2. The fourth-order valence-corrected chi connectivity index (χ4v) is 5.33. The standard InChI is InChI=1S/C33H38FN3O6/c1-6-20(2)17-27-30(35)43-33(4,5)32(41)37(27)23-13-15-36(16-14-23)31(40)25-12-11-22(19-26(25)34)24-9-7-8-10-28(24)42-21(3)18-29(38)39/h6-12,17,19,21,23H,1,13-16,18,35H2,2-5H3,(H,38,39)/b20-17-/t21-/m1/s1. The van der Waals surface area contributed by atoms with E-state index < -0.39 is 29.4 Å². The molecule has 2 amide bonds. The van der Waals surface area contributed by atoms with Crippen LogP contribution in [0.2, 0.25) is 0 Å². The lowest BCUT2D eigenvalue weighted by Gasteiger charge is -2.45. The van der Waals surface area contributed by atoms with Crippen LogP contribution in [0.4, 0.5) is 4.39 Å². The van der Waals surface area contributed by atoms with E-state index in [1.165, 1.54) is 12.1 Å². The van der Waals surface area contributed by atoms with Crippen molar-refractivity contribution in [3.05, 3.63) is 89.7 Å². The van der Waals surface area contributed by atoms with Crippen LogP contribution in [0.3, 0.4) is 0 Å². The summed E-state index contributed by atoms with van der Waals surface area (Å²) in [4.78, 5) is 41.1. The number of carbonyl (C=O) groups is 3. The highest BCUT2D eigenvalue weighted by Crippen LogP contribution is 2.35. The number of amides is 2. The molecule has 1 saturated heterocycles. The summed E-state index contributed by atoms with van der Waals surface area (Å²) in [7, 11) is 0. The fraction of sp³-hybridized carbons (Fsp3) is 0.364. The molecule has 2 aliphatic rings. The number of ether oxygens (including phenoxy) is 2. The number of halogens is 1. The Kier molecular flexibility index (Phi) is 9.27. The Labute approximate surface area is 251 Å². The summed E-state index contributed by atoms with van der Waals surface area (Å²) in [5.74, 6) is -1.75. The van der Waals surface area contributed by atoms with Crippen molar-refractivity contribution in [3.63, 3.8) is 0 Å². The maximum atomic E-state index is 15.4. The van der Waals surface area contributed by atoms with Crippen LogP contribution < -0.4 is 10.5 Å². The number of nitrogens with two attached hydrogens (primary N) is 1. The zero-order chi connectivity index (χ0) is 31.5. The fourth-order valence-electron chi connectivity index (χ4n) is 5.33. The zero-order valence-electron chi connectivity index (χ0n) is 24.9. The first-order valence-electron chi connectivity index (χ1n) is 14.2. The number of hydrogen-bond acceptors (Lipinski definition) is 6. The average molecular weight is 592 g/mol. The lowest BCUT2D eigenvalue weighted by molar-refractivity contribution is -0.155. The predicted molar refractivity (Wildman–Crippen MR) is 160 cm³/mol. The van der Waals surface area contributed by atoms with Crippen molar-refractivity contribution in [2.24, 2.45) is 5.73 Å². The quantitative estimate of drug-likeness (QED) is 0.383. The molecule has 3 N–H and O–H groups in total. The van der Waals surface area contributed by atoms with Crippen LogP contribution in [0.15, 0.2) is 78.3 Å². The second kappa shape index (κ2) is 12.7. The van der Waals surface area contributed by atoms with Crippen molar-refractivity contribution in [3.8, 4) is 16.9 Å². The molecule has 0 aliphatic carbocycles. The summed E-state index contributed by atoms with van der Waals surface area (Å²) >= 11 is 0. The number of hydrogen-bond donors (Lipinski definition) is 2. The van der Waals surface area contributed by atoms with Gasteiger partial charge in [0.25, 0.3) is 11.8 Å². The van der Waals surface area contributed by atoms with Crippen molar-refractivity contribution < 1.29 is 33.4 Å². The highest BCUT2D eigenvalue weighted by Gasteiger charge is 2.45. The number of aliphatic carboxylic acids is 1. The summed E-state index contributed by atoms with van der Waals surface area (Å²) in [6, 6.07) is 11.1. The van der Waals surface area contributed by atoms with Gasteiger partial charge in [0.2, 0.25) is 5.88 Å². The third-order valence-electron chi connectivity index (χ3n) is 7.60. The number of benzene rings is 2. The van der Waals surface area contributed by atoms with E-state index in [-0.39, 0.29) is 29.8 Å². The maximum absolute atomic E-state index is 15.4. The van der Waals surface area contributed by atoms with Gasteiger partial charge in [0.05, 0.1) is 12.0 Å². The number of carbonyl (C=O) groups excluding carboxylic acids is 2. The molecule has 0 saturated carbocycles. The van der Waals surface area contributed by atoms with Crippen LogP contribution in [-0.2, 0) is 14.3 Å². The molecule has 2 aromatic carbocycles. The average Bonchev–Trinajstić information content (AvgIpc) is 2.95. The van der Waals surface area contributed by atoms with Crippen LogP contribution in [0.1, 0.15) is 57.3 Å². The number of carboxylic acids is 1. The van der Waals surface area contributed by atoms with E-state index in [4.69, 9.17) is 20.3 Å². The van der Waals surface area contributed by atoms with E-state index in [0.29, 0.717) is 48.5 Å². The minimum absolute atomic E-state index is 0.0576. The van der Waals surface area contributed by atoms with Gasteiger partial charge in [0.15, 0.2) is 5.60 Å². The molecule has 0 spiro atoms. The molecule has 2 aliphatic heterocycles. The van der Waals surface area contributed by atoms with Gasteiger partial charge in [-0.25, -0.2) is 4.39 Å². The Morgan fingerprint density at radius 2 is 1.91 bits per heavy atom. The SMILES string of the molecule is C=C/C(C)=C\C1=C(N)OC(C)(C)C(=O)N1C1CCN(C(=O)c2ccc(-c3ccccc3O[C@H](C)CC(=O)O)cc2F)CC1. The number of allylic oxidation sites excluding steroid dienone is 3. The van der Waals surface area contributed by atoms with Gasteiger partial charge in [-0.05, 0) is 75.9 Å². The number of likely N-dealkylation sites (tertiary alicyclic amines) is 1. The number of para-hydroxylation sites is 1. The van der Waals surface area contributed by atoms with Gasteiger partial charge in [-0.1, -0.05) is 36.9 Å². The minimum Gasteiger partial charge on any atom is -0.489 e. The van der Waals surface area contributed by atoms with Crippen LogP contribution in [0.25, 0.3) is 11.1 Å². The molecule has 4 rings (SSSR count). The topological polar surface area (TPSA) is 122 Å². The molecule has 2 aromatic rings. The van der Waals surface area contributed by atoms with Crippen LogP contribution in [-0.4, -0.2) is 63.5 Å². The van der Waals surface area contributed by atoms with Crippen molar-refractivity contribution in [1.29, 1.82) is 0 Å². The molecule has 1 fully saturated rings. The molecule has 10 heteroatoms. The normalized spacial score (nSPS) is 18.3. The van der Waals surface area contributed by atoms with E-state index in [1.54, 1.807) is 73.1 Å². The molecule has 0 radical (unpaired) electrons. The van der Waals surface area contributed by atoms with Crippen molar-refractivity contribution in [2.45, 2.75) is 64.7 Å². The largest absolute Gasteiger partial charge is 0.489 e. The molecule has 0 bridgehead atoms. The van der Waals surface area contributed by atoms with E-state index in [2.05, 4.69) is 6.58 Å². The highest BCUT2D eigenvalue weighted by molar-refractivity contribution is 5.95. The van der Waals surface area contributed by atoms with Gasteiger partial charge in [-0.3, -0.25) is 14.4 Å². The smallest absolute Gasteiger partial charge is 0.307 e. The zero-order valence-corrected chi connectivity index (χ0v) is 24.9. The summed E-state index contributed by atoms with van der Waals surface area (Å²) in [5.41, 5.74) is 7.41. The van der Waals surface area contributed by atoms with Crippen LogP contribution in [0, 0.1) is 5.82 Å². The van der Waals surface area contributed by atoms with E-state index in [9.17, 15) is 14.4 Å². The molecule has 1 atom stereocenters. The van der Waals surface area contributed by atoms with Crippen molar-refractivity contribution >= 4 is 17.8 Å². The van der Waals surface area contributed by atoms with Gasteiger partial charge >= 0.3 is 5.97 Å². The summed E-state index contributed by atoms with van der Waals surface area (Å²) < 4.78 is 26.9. The Balaban J connectivity index is 1.50. The molecule has 0 unspecified atom stereocenters. The lowest BCUT2D eigenvalue weighted by Crippen LogP contribution is -2.57. The first-order valence-corrected chi connectivity index (χ1v) is 14.2. The van der Waals surface area contributed by atoms with Gasteiger partial charge in [-0.15, -0.1) is 0 Å². The van der Waals surface area contributed by atoms with Gasteiger partial charge in [0, 0.05) is 24.7 Å². The van der Waals surface area contributed by atoms with Gasteiger partial charge < -0.3 is 30.1 Å². The Morgan fingerprint density at radius 1 is 1.23 bits per heavy atom. The van der Waals surface area contributed by atoms with Gasteiger partial charge in [-0.2, -0.15) is 0 Å². The first kappa shape index (κ1) is 31.3. The van der Waals surface area contributed by atoms with Gasteiger partial charge in [0.1, 0.15) is 23.4 Å². The highest BCUT2D eigenvalue weighted by atomic mass is 19.1. The van der Waals surface area contributed by atoms with Crippen LogP contribution >= 0.6 is 0 Å². The number of rotatable bonds is 9. The van der Waals surface area contributed by atoms with Crippen molar-refractivity contribution in [1.82, 2.24) is 9.80 Å². The second-order valence-corrected chi connectivity index (χ2v) is 11.4. The monoisotopic (exact) mass is 591 g/mol. The number of piperidine rings is 1. The summed E-state index contributed by atoms with van der Waals surface area (Å²) in [5, 5.41) is 9.05. The molecule has 9 nitrogen and oxygen atoms in total. The molecule has 0 aromatic heterocycles. The van der Waals surface area contributed by atoms with E-state index >= 15 is 4.39 Å². The summed E-state index contributed by atoms with van der Waals surface area (Å²) in [6.07, 6.45) is 3.61. The Morgan fingerprint density at radius 3 is 2.53 bits per heavy atom. The lowest BCUT2D eigenvalue weighted by atomic mass is 9.96. The Bertz CT molecular complexity index is 1490. The summed E-state index contributed by atoms with van der Waals surface area (Å²) in [6.45, 7) is 11.3. The predicted octanol–water partition coefficient (Wildman–Crippen LogP) is 5.24. The van der Waals surface area contributed by atoms with E-state index in [1.807, 2.05) is 6.92 Å². The molecule has 43 heavy (non-hydrogen) atoms. The third kappa shape index (κ3) is 6.90. The molecule has 2 heterocycles.